The van der Waals surface area contributed by atoms with Gasteiger partial charge in [0, 0.05) is 5.56 Å². The molecule has 3 aromatic rings. The molecule has 7 heteroatoms. The summed E-state index contributed by atoms with van der Waals surface area (Å²) in [6, 6.07) is 15.0. The van der Waals surface area contributed by atoms with E-state index >= 15 is 0 Å². The molecule has 4 N–H and O–H groups in total. The lowest BCUT2D eigenvalue weighted by molar-refractivity contribution is -0.133. The van der Waals surface area contributed by atoms with E-state index in [1.165, 1.54) is 13.8 Å². The van der Waals surface area contributed by atoms with Crippen LogP contribution in [0.4, 0.5) is 0 Å². The van der Waals surface area contributed by atoms with Crippen LogP contribution in [0.3, 0.4) is 0 Å². The van der Waals surface area contributed by atoms with Crippen molar-refractivity contribution in [1.29, 1.82) is 0 Å². The van der Waals surface area contributed by atoms with Gasteiger partial charge >= 0.3 is 0 Å². The smallest absolute Gasteiger partial charge is 0.258 e. The zero-order valence-electron chi connectivity index (χ0n) is 14.4. The lowest BCUT2D eigenvalue weighted by atomic mass is 9.85. The Balaban J connectivity index is 2.08. The summed E-state index contributed by atoms with van der Waals surface area (Å²) >= 11 is 0. The molecule has 0 aliphatic rings. The molecule has 0 saturated heterocycles. The van der Waals surface area contributed by atoms with Crippen molar-refractivity contribution in [3.05, 3.63) is 71.6 Å². The minimum atomic E-state index is -2.00. The number of hydrogen-bond donors (Lipinski definition) is 3. The van der Waals surface area contributed by atoms with Gasteiger partial charge in [0.15, 0.2) is 5.60 Å². The normalized spacial score (nSPS) is 14.0. The van der Waals surface area contributed by atoms with Crippen LogP contribution in [0.1, 0.15) is 30.9 Å². The second-order valence-corrected chi connectivity index (χ2v) is 6.50. The van der Waals surface area contributed by atoms with Gasteiger partial charge < -0.3 is 20.5 Å². The molecule has 2 aromatic carbocycles. The average Bonchev–Trinajstić information content (AvgIpc) is 3.12. The molecule has 1 unspecified atom stereocenters. The molecular weight excluding hydrogens is 334 g/mol. The summed E-state index contributed by atoms with van der Waals surface area (Å²) in [5, 5.41) is 24.9. The Hall–Kier alpha value is -3.03. The van der Waals surface area contributed by atoms with Crippen molar-refractivity contribution in [1.82, 2.24) is 10.1 Å². The number of carbonyl (C=O) groups is 1. The van der Waals surface area contributed by atoms with Crippen molar-refractivity contribution in [2.75, 3.05) is 0 Å². The van der Waals surface area contributed by atoms with Crippen LogP contribution in [-0.4, -0.2) is 26.3 Å². The molecule has 0 saturated carbocycles. The number of aromatic nitrogens is 2. The first-order valence-electron chi connectivity index (χ1n) is 7.98. The minimum Gasteiger partial charge on any atom is -0.381 e. The second kappa shape index (κ2) is 6.36. The average molecular weight is 353 g/mol. The summed E-state index contributed by atoms with van der Waals surface area (Å²) in [6.45, 7) is 3.06. The minimum absolute atomic E-state index is 0.0612. The summed E-state index contributed by atoms with van der Waals surface area (Å²) in [6.07, 6.45) is 0. The van der Waals surface area contributed by atoms with Crippen molar-refractivity contribution in [3.63, 3.8) is 0 Å². The van der Waals surface area contributed by atoms with Gasteiger partial charge in [-0.2, -0.15) is 4.98 Å². The second-order valence-electron chi connectivity index (χ2n) is 6.50. The first-order valence-corrected chi connectivity index (χ1v) is 7.98. The third kappa shape index (κ3) is 3.10. The van der Waals surface area contributed by atoms with Crippen LogP contribution < -0.4 is 5.73 Å². The Morgan fingerprint density at radius 1 is 1.04 bits per heavy atom. The van der Waals surface area contributed by atoms with E-state index in [2.05, 4.69) is 10.1 Å². The lowest BCUT2D eigenvalue weighted by Gasteiger charge is -2.26. The Labute approximate surface area is 150 Å². The molecule has 134 valence electrons. The van der Waals surface area contributed by atoms with Crippen LogP contribution in [-0.2, 0) is 16.0 Å². The highest BCUT2D eigenvalue weighted by Crippen LogP contribution is 2.32. The molecular formula is C19H19N3O4. The number of carbonyl (C=O) groups excluding carboxylic acids is 1. The largest absolute Gasteiger partial charge is 0.381 e. The monoisotopic (exact) mass is 353 g/mol. The summed E-state index contributed by atoms with van der Waals surface area (Å²) in [5.74, 6) is -0.610. The Bertz CT molecular complexity index is 931. The molecule has 1 amide bonds. The maximum absolute atomic E-state index is 12.1. The lowest BCUT2D eigenvalue weighted by Crippen LogP contribution is -2.42. The number of nitrogens with zero attached hydrogens (tertiary/aromatic N) is 2. The molecule has 0 spiro atoms. The van der Waals surface area contributed by atoms with Crippen molar-refractivity contribution in [3.8, 4) is 11.4 Å². The molecule has 0 aliphatic carbocycles. The highest BCUT2D eigenvalue weighted by atomic mass is 16.5. The summed E-state index contributed by atoms with van der Waals surface area (Å²) in [4.78, 5) is 16.3. The Morgan fingerprint density at radius 2 is 1.69 bits per heavy atom. The topological polar surface area (TPSA) is 122 Å². The number of hydrogen-bond acceptors (Lipinski definition) is 6. The van der Waals surface area contributed by atoms with Gasteiger partial charge in [-0.05, 0) is 31.0 Å². The van der Waals surface area contributed by atoms with Gasteiger partial charge in [-0.1, -0.05) is 53.7 Å². The van der Waals surface area contributed by atoms with E-state index in [9.17, 15) is 15.0 Å². The number of nitrogens with two attached hydrogens (primary N) is 1. The fourth-order valence-electron chi connectivity index (χ4n) is 2.60. The SMILES string of the molecule is CC(C)(O)c1nc(-c2cccc(C(O)(C(N)=O)c3ccccc3)c2)no1. The first-order chi connectivity index (χ1) is 12.2. The number of aliphatic hydroxyl groups is 2. The van der Waals surface area contributed by atoms with Crippen LogP contribution in [0.15, 0.2) is 59.1 Å². The molecule has 3 rings (SSSR count). The van der Waals surface area contributed by atoms with Crippen LogP contribution in [0.2, 0.25) is 0 Å². The molecule has 0 bridgehead atoms. The molecule has 1 atom stereocenters. The van der Waals surface area contributed by atoms with Gasteiger partial charge in [-0.3, -0.25) is 4.79 Å². The standard InChI is InChI=1S/C19H19N3O4/c1-18(2,24)17-21-15(22-26-17)12-7-6-10-14(11-12)19(25,16(20)23)13-8-4-3-5-9-13/h3-11,24-25H,1-2H3,(H2,20,23). The molecule has 1 heterocycles. The molecule has 0 fully saturated rings. The maximum Gasteiger partial charge on any atom is 0.258 e. The Morgan fingerprint density at radius 3 is 2.27 bits per heavy atom. The van der Waals surface area contributed by atoms with Gasteiger partial charge in [0.2, 0.25) is 5.82 Å². The van der Waals surface area contributed by atoms with Crippen LogP contribution >= 0.6 is 0 Å². The van der Waals surface area contributed by atoms with Crippen LogP contribution in [0, 0.1) is 0 Å². The quantitative estimate of drug-likeness (QED) is 0.641. The van der Waals surface area contributed by atoms with E-state index in [-0.39, 0.29) is 17.3 Å². The zero-order valence-corrected chi connectivity index (χ0v) is 14.4. The number of benzene rings is 2. The molecule has 7 nitrogen and oxygen atoms in total. The number of rotatable bonds is 5. The third-order valence-electron chi connectivity index (χ3n) is 4.04. The molecule has 26 heavy (non-hydrogen) atoms. The van der Waals surface area contributed by atoms with E-state index in [4.69, 9.17) is 10.3 Å². The van der Waals surface area contributed by atoms with Crippen molar-refractivity contribution in [2.45, 2.75) is 25.0 Å². The summed E-state index contributed by atoms with van der Waals surface area (Å²) < 4.78 is 5.08. The van der Waals surface area contributed by atoms with Gasteiger partial charge in [-0.25, -0.2) is 0 Å². The fourth-order valence-corrected chi connectivity index (χ4v) is 2.60. The number of amides is 1. The summed E-state index contributed by atoms with van der Waals surface area (Å²) in [7, 11) is 0. The van der Waals surface area contributed by atoms with Crippen LogP contribution in [0.5, 0.6) is 0 Å². The van der Waals surface area contributed by atoms with Crippen molar-refractivity contribution >= 4 is 5.91 Å². The zero-order chi connectivity index (χ0) is 18.9. The molecule has 0 aliphatic heterocycles. The summed E-state index contributed by atoms with van der Waals surface area (Å²) in [5.41, 5.74) is 3.39. The van der Waals surface area contributed by atoms with Crippen molar-refractivity contribution < 1.29 is 19.5 Å². The Kier molecular flexibility index (Phi) is 4.35. The van der Waals surface area contributed by atoms with Gasteiger partial charge in [0.05, 0.1) is 0 Å². The molecule has 0 radical (unpaired) electrons. The van der Waals surface area contributed by atoms with E-state index in [0.717, 1.165) is 0 Å². The predicted molar refractivity (Wildman–Crippen MR) is 93.6 cm³/mol. The van der Waals surface area contributed by atoms with Gasteiger partial charge in [0.1, 0.15) is 5.60 Å². The first kappa shape index (κ1) is 17.8. The maximum atomic E-state index is 12.1. The molecule has 1 aromatic heterocycles. The van der Waals surface area contributed by atoms with E-state index in [1.54, 1.807) is 54.6 Å². The van der Waals surface area contributed by atoms with Crippen molar-refractivity contribution in [2.24, 2.45) is 5.73 Å². The number of primary amides is 1. The van der Waals surface area contributed by atoms with Gasteiger partial charge in [0.25, 0.3) is 11.8 Å². The fraction of sp³-hybridized carbons (Fsp3) is 0.211. The highest BCUT2D eigenvalue weighted by molar-refractivity contribution is 5.89. The van der Waals surface area contributed by atoms with E-state index < -0.39 is 17.1 Å². The van der Waals surface area contributed by atoms with Gasteiger partial charge in [-0.15, -0.1) is 0 Å². The van der Waals surface area contributed by atoms with E-state index in [0.29, 0.717) is 11.1 Å². The van der Waals surface area contributed by atoms with Crippen LogP contribution in [0.25, 0.3) is 11.4 Å². The highest BCUT2D eigenvalue weighted by Gasteiger charge is 2.38. The van der Waals surface area contributed by atoms with E-state index in [1.807, 2.05) is 0 Å². The predicted octanol–water partition coefficient (Wildman–Crippen LogP) is 1.69. The third-order valence-corrected chi connectivity index (χ3v) is 4.04.